The van der Waals surface area contributed by atoms with E-state index in [0.29, 0.717) is 0 Å². The number of nitrogens with zero attached hydrogens (tertiary/aromatic N) is 4. The highest BCUT2D eigenvalue weighted by atomic mass is 16.6. The normalized spacial score (nSPS) is 11.1. The summed E-state index contributed by atoms with van der Waals surface area (Å²) in [6.45, 7) is 3.87. The number of hydrogen-bond donors (Lipinski definition) is 0. The number of aromatic nitrogens is 1. The van der Waals surface area contributed by atoms with Crippen LogP contribution < -0.4 is 4.90 Å². The van der Waals surface area contributed by atoms with E-state index in [4.69, 9.17) is 0 Å². The average molecular weight is 302 g/mol. The van der Waals surface area contributed by atoms with Gasteiger partial charge in [-0.05, 0) is 38.2 Å². The molecule has 0 saturated carbocycles. The van der Waals surface area contributed by atoms with Crippen molar-refractivity contribution in [2.24, 2.45) is 0 Å². The lowest BCUT2D eigenvalue weighted by Gasteiger charge is -2.21. The Kier molecular flexibility index (Phi) is 4.92. The van der Waals surface area contributed by atoms with Crippen LogP contribution in [-0.4, -0.2) is 49.0 Å². The summed E-state index contributed by atoms with van der Waals surface area (Å²) in [5.41, 5.74) is 2.00. The van der Waals surface area contributed by atoms with Crippen molar-refractivity contribution in [1.82, 2.24) is 9.88 Å². The lowest BCUT2D eigenvalue weighted by Crippen LogP contribution is -2.29. The molecule has 0 N–H and O–H groups in total. The first-order chi connectivity index (χ1) is 10.4. The Balaban J connectivity index is 2.42. The smallest absolute Gasteiger partial charge is 0.270 e. The molecule has 0 bridgehead atoms. The van der Waals surface area contributed by atoms with E-state index in [1.807, 2.05) is 27.2 Å². The maximum absolute atomic E-state index is 10.9. The SMILES string of the molecule is CCc1cc(N(C)CCN(C)C)nc2ccc([N+](=O)[O-])cc12. The third-order valence-corrected chi connectivity index (χ3v) is 3.73. The van der Waals surface area contributed by atoms with Crippen LogP contribution in [0.25, 0.3) is 10.9 Å². The monoisotopic (exact) mass is 302 g/mol. The van der Waals surface area contributed by atoms with E-state index in [1.54, 1.807) is 12.1 Å². The summed E-state index contributed by atoms with van der Waals surface area (Å²) in [4.78, 5) is 19.5. The van der Waals surface area contributed by atoms with E-state index in [0.717, 1.165) is 41.8 Å². The Labute approximate surface area is 130 Å². The molecular formula is C16H22N4O2. The zero-order valence-electron chi connectivity index (χ0n) is 13.5. The Hall–Kier alpha value is -2.21. The molecule has 1 heterocycles. The maximum Gasteiger partial charge on any atom is 0.270 e. The van der Waals surface area contributed by atoms with Crippen molar-refractivity contribution < 1.29 is 4.92 Å². The molecule has 2 aromatic rings. The van der Waals surface area contributed by atoms with Crippen molar-refractivity contribution in [3.63, 3.8) is 0 Å². The summed E-state index contributed by atoms with van der Waals surface area (Å²) in [5.74, 6) is 0.903. The fraction of sp³-hybridized carbons (Fsp3) is 0.438. The van der Waals surface area contributed by atoms with Gasteiger partial charge >= 0.3 is 0 Å². The quantitative estimate of drug-likeness (QED) is 0.606. The van der Waals surface area contributed by atoms with Crippen LogP contribution >= 0.6 is 0 Å². The highest BCUT2D eigenvalue weighted by Gasteiger charge is 2.12. The third-order valence-electron chi connectivity index (χ3n) is 3.73. The Bertz CT molecular complexity index is 685. The lowest BCUT2D eigenvalue weighted by atomic mass is 10.1. The van der Waals surface area contributed by atoms with Gasteiger partial charge in [-0.1, -0.05) is 6.92 Å². The zero-order valence-corrected chi connectivity index (χ0v) is 13.5. The second-order valence-corrected chi connectivity index (χ2v) is 5.68. The van der Waals surface area contributed by atoms with Crippen LogP contribution in [0, 0.1) is 10.1 Å². The zero-order chi connectivity index (χ0) is 16.3. The van der Waals surface area contributed by atoms with Crippen molar-refractivity contribution >= 4 is 22.4 Å². The van der Waals surface area contributed by atoms with Gasteiger partial charge in [0.05, 0.1) is 10.4 Å². The van der Waals surface area contributed by atoms with Crippen molar-refractivity contribution in [3.05, 3.63) is 39.9 Å². The average Bonchev–Trinajstić information content (AvgIpc) is 2.50. The highest BCUT2D eigenvalue weighted by molar-refractivity contribution is 5.86. The molecule has 118 valence electrons. The molecule has 0 amide bonds. The number of likely N-dealkylation sites (N-methyl/N-ethyl adjacent to an activating group) is 2. The summed E-state index contributed by atoms with van der Waals surface area (Å²) in [6.07, 6.45) is 0.814. The molecule has 0 fully saturated rings. The highest BCUT2D eigenvalue weighted by Crippen LogP contribution is 2.26. The number of pyridine rings is 1. The number of benzene rings is 1. The van der Waals surface area contributed by atoms with E-state index in [2.05, 4.69) is 21.7 Å². The van der Waals surface area contributed by atoms with E-state index in [9.17, 15) is 10.1 Å². The van der Waals surface area contributed by atoms with Crippen molar-refractivity contribution in [2.75, 3.05) is 39.1 Å². The fourth-order valence-electron chi connectivity index (χ4n) is 2.33. The minimum Gasteiger partial charge on any atom is -0.358 e. The second-order valence-electron chi connectivity index (χ2n) is 5.68. The van der Waals surface area contributed by atoms with Crippen LogP contribution in [0.2, 0.25) is 0 Å². The van der Waals surface area contributed by atoms with Gasteiger partial charge in [0, 0.05) is 37.7 Å². The number of rotatable bonds is 6. The molecule has 0 aliphatic rings. The number of nitro benzene ring substituents is 1. The molecule has 1 aromatic heterocycles. The van der Waals surface area contributed by atoms with E-state index < -0.39 is 0 Å². The van der Waals surface area contributed by atoms with Crippen LogP contribution in [0.5, 0.6) is 0 Å². The first-order valence-corrected chi connectivity index (χ1v) is 7.36. The Morgan fingerprint density at radius 2 is 1.91 bits per heavy atom. The first kappa shape index (κ1) is 16.2. The molecule has 0 spiro atoms. The van der Waals surface area contributed by atoms with Gasteiger partial charge in [0.2, 0.25) is 0 Å². The first-order valence-electron chi connectivity index (χ1n) is 7.36. The number of nitro groups is 1. The van der Waals surface area contributed by atoms with Gasteiger partial charge in [-0.15, -0.1) is 0 Å². The summed E-state index contributed by atoms with van der Waals surface area (Å²) in [5, 5.41) is 11.8. The predicted molar refractivity (Wildman–Crippen MR) is 89.6 cm³/mol. The third kappa shape index (κ3) is 3.51. The minimum atomic E-state index is -0.365. The van der Waals surface area contributed by atoms with Gasteiger partial charge in [-0.25, -0.2) is 4.98 Å². The fourth-order valence-corrected chi connectivity index (χ4v) is 2.33. The van der Waals surface area contributed by atoms with Gasteiger partial charge in [-0.3, -0.25) is 10.1 Å². The molecule has 0 aliphatic heterocycles. The van der Waals surface area contributed by atoms with Crippen LogP contribution in [-0.2, 0) is 6.42 Å². The van der Waals surface area contributed by atoms with Crippen molar-refractivity contribution in [2.45, 2.75) is 13.3 Å². The van der Waals surface area contributed by atoms with E-state index in [1.165, 1.54) is 6.07 Å². The van der Waals surface area contributed by atoms with Crippen LogP contribution in [0.4, 0.5) is 11.5 Å². The largest absolute Gasteiger partial charge is 0.358 e. The predicted octanol–water partition coefficient (Wildman–Crippen LogP) is 2.70. The molecule has 0 radical (unpaired) electrons. The number of hydrogen-bond acceptors (Lipinski definition) is 5. The maximum atomic E-state index is 10.9. The number of fused-ring (bicyclic) bond motifs is 1. The summed E-state index contributed by atoms with van der Waals surface area (Å²) < 4.78 is 0. The topological polar surface area (TPSA) is 62.5 Å². The van der Waals surface area contributed by atoms with Crippen LogP contribution in [0.15, 0.2) is 24.3 Å². The summed E-state index contributed by atoms with van der Waals surface area (Å²) in [7, 11) is 6.10. The Morgan fingerprint density at radius 3 is 2.50 bits per heavy atom. The number of anilines is 1. The molecular weight excluding hydrogens is 280 g/mol. The van der Waals surface area contributed by atoms with Gasteiger partial charge in [0.25, 0.3) is 5.69 Å². The van der Waals surface area contributed by atoms with Crippen molar-refractivity contribution in [3.8, 4) is 0 Å². The second kappa shape index (κ2) is 6.70. The molecule has 0 atom stereocenters. The molecule has 6 heteroatoms. The standard InChI is InChI=1S/C16H22N4O2/c1-5-12-10-16(19(4)9-8-18(2)3)17-15-7-6-13(20(21)22)11-14(12)15/h6-7,10-11H,5,8-9H2,1-4H3. The Morgan fingerprint density at radius 1 is 1.18 bits per heavy atom. The molecule has 0 aliphatic carbocycles. The van der Waals surface area contributed by atoms with E-state index >= 15 is 0 Å². The molecule has 22 heavy (non-hydrogen) atoms. The van der Waals surface area contributed by atoms with Gasteiger partial charge in [0.15, 0.2) is 0 Å². The summed E-state index contributed by atoms with van der Waals surface area (Å²) in [6, 6.07) is 6.89. The summed E-state index contributed by atoms with van der Waals surface area (Å²) >= 11 is 0. The molecule has 0 saturated heterocycles. The number of non-ortho nitro benzene ring substituents is 1. The lowest BCUT2D eigenvalue weighted by molar-refractivity contribution is -0.384. The van der Waals surface area contributed by atoms with E-state index in [-0.39, 0.29) is 10.6 Å². The minimum absolute atomic E-state index is 0.109. The van der Waals surface area contributed by atoms with Gasteiger partial charge in [0.1, 0.15) is 5.82 Å². The van der Waals surface area contributed by atoms with Crippen LogP contribution in [0.3, 0.4) is 0 Å². The van der Waals surface area contributed by atoms with Crippen molar-refractivity contribution in [1.29, 1.82) is 0 Å². The molecule has 2 rings (SSSR count). The van der Waals surface area contributed by atoms with Crippen LogP contribution in [0.1, 0.15) is 12.5 Å². The molecule has 1 aromatic carbocycles. The van der Waals surface area contributed by atoms with Gasteiger partial charge < -0.3 is 9.80 Å². The number of aryl methyl sites for hydroxylation is 1. The molecule has 0 unspecified atom stereocenters. The van der Waals surface area contributed by atoms with Gasteiger partial charge in [-0.2, -0.15) is 0 Å². The molecule has 6 nitrogen and oxygen atoms in total.